The van der Waals surface area contributed by atoms with Crippen LogP contribution in [0.25, 0.3) is 0 Å². The Hall–Kier alpha value is -1.08. The summed E-state index contributed by atoms with van der Waals surface area (Å²) in [6, 6.07) is 4.07. The van der Waals surface area contributed by atoms with E-state index in [2.05, 4.69) is 0 Å². The third-order valence-corrected chi connectivity index (χ3v) is 4.63. The van der Waals surface area contributed by atoms with E-state index in [1.54, 1.807) is 0 Å². The van der Waals surface area contributed by atoms with E-state index >= 15 is 0 Å². The molecule has 0 aliphatic carbocycles. The molecule has 0 fully saturated rings. The van der Waals surface area contributed by atoms with Crippen LogP contribution < -0.4 is 0 Å². The Bertz CT molecular complexity index is 503. The SMILES string of the molecule is CC(C)S(=O)(=O)c1ccc(C(O)C(F)(F)F)cc1. The van der Waals surface area contributed by atoms with Crippen LogP contribution in [-0.2, 0) is 9.84 Å². The molecule has 1 rings (SSSR count). The molecular weight excluding hydrogens is 269 g/mol. The zero-order chi connectivity index (χ0) is 14.1. The van der Waals surface area contributed by atoms with Crippen LogP contribution in [0.2, 0.25) is 0 Å². The van der Waals surface area contributed by atoms with Crippen molar-refractivity contribution in [1.82, 2.24) is 0 Å². The van der Waals surface area contributed by atoms with E-state index in [0.717, 1.165) is 24.3 Å². The van der Waals surface area contributed by atoms with Gasteiger partial charge in [-0.1, -0.05) is 12.1 Å². The van der Waals surface area contributed by atoms with Crippen molar-refractivity contribution in [2.75, 3.05) is 0 Å². The topological polar surface area (TPSA) is 54.4 Å². The Morgan fingerprint density at radius 2 is 1.56 bits per heavy atom. The molecular formula is C11H13F3O3S. The van der Waals surface area contributed by atoms with Gasteiger partial charge in [-0.15, -0.1) is 0 Å². The van der Waals surface area contributed by atoms with Crippen LogP contribution in [0.1, 0.15) is 25.5 Å². The van der Waals surface area contributed by atoms with Gasteiger partial charge < -0.3 is 5.11 Å². The lowest BCUT2D eigenvalue weighted by Crippen LogP contribution is -2.20. The lowest BCUT2D eigenvalue weighted by molar-refractivity contribution is -0.206. The molecule has 1 unspecified atom stereocenters. The number of halogens is 3. The van der Waals surface area contributed by atoms with Crippen LogP contribution in [0.5, 0.6) is 0 Å². The summed E-state index contributed by atoms with van der Waals surface area (Å²) in [5.74, 6) is 0. The highest BCUT2D eigenvalue weighted by Gasteiger charge is 2.39. The molecule has 0 aromatic heterocycles. The maximum absolute atomic E-state index is 12.2. The van der Waals surface area contributed by atoms with Gasteiger partial charge in [0.25, 0.3) is 0 Å². The number of rotatable bonds is 3. The lowest BCUT2D eigenvalue weighted by Gasteiger charge is -2.15. The quantitative estimate of drug-likeness (QED) is 0.926. The monoisotopic (exact) mass is 282 g/mol. The minimum Gasteiger partial charge on any atom is -0.379 e. The van der Waals surface area contributed by atoms with E-state index in [4.69, 9.17) is 5.11 Å². The summed E-state index contributed by atoms with van der Waals surface area (Å²) in [5, 5.41) is 8.33. The number of aliphatic hydroxyl groups is 1. The molecule has 0 aliphatic rings. The Morgan fingerprint density at radius 3 is 1.89 bits per heavy atom. The fourth-order valence-electron chi connectivity index (χ4n) is 1.30. The zero-order valence-corrected chi connectivity index (χ0v) is 10.6. The van der Waals surface area contributed by atoms with Gasteiger partial charge in [0, 0.05) is 0 Å². The summed E-state index contributed by atoms with van der Waals surface area (Å²) in [5.41, 5.74) is -0.384. The van der Waals surface area contributed by atoms with Crippen LogP contribution in [-0.4, -0.2) is 25.0 Å². The summed E-state index contributed by atoms with van der Waals surface area (Å²) in [6.45, 7) is 2.96. The van der Waals surface area contributed by atoms with Crippen LogP contribution in [0, 0.1) is 0 Å². The zero-order valence-electron chi connectivity index (χ0n) is 9.77. The molecule has 1 aromatic carbocycles. The Labute approximate surface area is 103 Å². The van der Waals surface area contributed by atoms with Crippen molar-refractivity contribution in [3.05, 3.63) is 29.8 Å². The first-order valence-corrected chi connectivity index (χ1v) is 6.70. The second kappa shape index (κ2) is 4.89. The van der Waals surface area contributed by atoms with Gasteiger partial charge in [0.2, 0.25) is 0 Å². The van der Waals surface area contributed by atoms with E-state index < -0.39 is 27.4 Å². The minimum atomic E-state index is -4.77. The molecule has 1 N–H and O–H groups in total. The van der Waals surface area contributed by atoms with E-state index in [1.165, 1.54) is 13.8 Å². The molecule has 0 heterocycles. The van der Waals surface area contributed by atoms with Gasteiger partial charge in [-0.05, 0) is 31.5 Å². The number of hydrogen-bond donors (Lipinski definition) is 1. The van der Waals surface area contributed by atoms with Gasteiger partial charge in [-0.25, -0.2) is 8.42 Å². The molecule has 0 bridgehead atoms. The van der Waals surface area contributed by atoms with E-state index in [0.29, 0.717) is 0 Å². The summed E-state index contributed by atoms with van der Waals surface area (Å²) in [4.78, 5) is -0.0596. The van der Waals surface area contributed by atoms with Crippen molar-refractivity contribution in [1.29, 1.82) is 0 Å². The summed E-state index contributed by atoms with van der Waals surface area (Å²) in [6.07, 6.45) is -7.37. The highest BCUT2D eigenvalue weighted by atomic mass is 32.2. The molecule has 0 saturated carbocycles. The molecule has 3 nitrogen and oxygen atoms in total. The van der Waals surface area contributed by atoms with E-state index in [9.17, 15) is 21.6 Å². The first-order chi connectivity index (χ1) is 8.06. The molecule has 102 valence electrons. The molecule has 0 aliphatic heterocycles. The molecule has 0 spiro atoms. The number of alkyl halides is 3. The lowest BCUT2D eigenvalue weighted by atomic mass is 10.1. The molecule has 0 saturated heterocycles. The molecule has 1 atom stereocenters. The molecule has 0 radical (unpaired) electrons. The van der Waals surface area contributed by atoms with Crippen LogP contribution in [0.4, 0.5) is 13.2 Å². The maximum Gasteiger partial charge on any atom is 0.418 e. The third kappa shape index (κ3) is 3.02. The fraction of sp³-hybridized carbons (Fsp3) is 0.455. The first kappa shape index (κ1) is 15.0. The smallest absolute Gasteiger partial charge is 0.379 e. The van der Waals surface area contributed by atoms with Crippen molar-refractivity contribution in [3.8, 4) is 0 Å². The molecule has 18 heavy (non-hydrogen) atoms. The summed E-state index contributed by atoms with van der Waals surface area (Å²) < 4.78 is 60.1. The molecule has 7 heteroatoms. The number of hydrogen-bond acceptors (Lipinski definition) is 3. The average Bonchev–Trinajstić information content (AvgIpc) is 2.26. The second-order valence-electron chi connectivity index (χ2n) is 4.11. The predicted octanol–water partition coefficient (Wildman–Crippen LogP) is 2.46. The van der Waals surface area contributed by atoms with Gasteiger partial charge in [0.15, 0.2) is 15.9 Å². The van der Waals surface area contributed by atoms with Gasteiger partial charge in [0.05, 0.1) is 10.1 Å². The minimum absolute atomic E-state index is 0.0596. The Kier molecular flexibility index (Phi) is 4.07. The van der Waals surface area contributed by atoms with Crippen LogP contribution in [0.15, 0.2) is 29.2 Å². The summed E-state index contributed by atoms with van der Waals surface area (Å²) in [7, 11) is -3.52. The number of aliphatic hydroxyl groups excluding tert-OH is 1. The fourth-order valence-corrected chi connectivity index (χ4v) is 2.36. The second-order valence-corrected chi connectivity index (χ2v) is 6.61. The third-order valence-electron chi connectivity index (χ3n) is 2.46. The standard InChI is InChI=1S/C11H13F3O3S/c1-7(2)18(16,17)9-5-3-8(4-6-9)10(15)11(12,13)14/h3-7,10,15H,1-2H3. The van der Waals surface area contributed by atoms with Crippen LogP contribution in [0.3, 0.4) is 0 Å². The van der Waals surface area contributed by atoms with Crippen molar-refractivity contribution < 1.29 is 26.7 Å². The Morgan fingerprint density at radius 1 is 1.11 bits per heavy atom. The predicted molar refractivity (Wildman–Crippen MR) is 59.8 cm³/mol. The van der Waals surface area contributed by atoms with E-state index in [-0.39, 0.29) is 10.5 Å². The average molecular weight is 282 g/mol. The van der Waals surface area contributed by atoms with Gasteiger partial charge in [-0.3, -0.25) is 0 Å². The number of sulfone groups is 1. The Balaban J connectivity index is 3.09. The first-order valence-electron chi connectivity index (χ1n) is 5.15. The van der Waals surface area contributed by atoms with Crippen molar-refractivity contribution in [3.63, 3.8) is 0 Å². The largest absolute Gasteiger partial charge is 0.418 e. The van der Waals surface area contributed by atoms with Crippen LogP contribution >= 0.6 is 0 Å². The number of benzene rings is 1. The van der Waals surface area contributed by atoms with E-state index in [1.807, 2.05) is 0 Å². The summed E-state index contributed by atoms with van der Waals surface area (Å²) >= 11 is 0. The van der Waals surface area contributed by atoms with Gasteiger partial charge in [-0.2, -0.15) is 13.2 Å². The molecule has 1 aromatic rings. The van der Waals surface area contributed by atoms with Crippen molar-refractivity contribution >= 4 is 9.84 Å². The highest BCUT2D eigenvalue weighted by molar-refractivity contribution is 7.92. The van der Waals surface area contributed by atoms with Crippen molar-refractivity contribution in [2.24, 2.45) is 0 Å². The normalized spacial score (nSPS) is 14.8. The van der Waals surface area contributed by atoms with Gasteiger partial charge >= 0.3 is 6.18 Å². The molecule has 0 amide bonds. The highest BCUT2D eigenvalue weighted by Crippen LogP contribution is 2.32. The van der Waals surface area contributed by atoms with Gasteiger partial charge in [0.1, 0.15) is 0 Å². The maximum atomic E-state index is 12.2. The van der Waals surface area contributed by atoms with Crippen molar-refractivity contribution in [2.45, 2.75) is 36.3 Å².